The highest BCUT2D eigenvalue weighted by atomic mass is 32.2. The first-order valence-electron chi connectivity index (χ1n) is 6.82. The average Bonchev–Trinajstić information content (AvgIpc) is 3.03. The van der Waals surface area contributed by atoms with E-state index in [0.717, 1.165) is 11.8 Å². The monoisotopic (exact) mass is 348 g/mol. The number of methoxy groups -OCH3 is 1. The summed E-state index contributed by atoms with van der Waals surface area (Å²) in [5.41, 5.74) is 1.20. The maximum Gasteiger partial charge on any atom is 0.410 e. The molecule has 0 bridgehead atoms. The SMILES string of the molecule is COc1cccc(-c2coc(OS(C)(=O)=O)n2)c1.c1ccncc1. The van der Waals surface area contributed by atoms with Crippen LogP contribution in [0, 0.1) is 0 Å². The summed E-state index contributed by atoms with van der Waals surface area (Å²) in [6.07, 6.45) is 5.42. The summed E-state index contributed by atoms with van der Waals surface area (Å²) in [6.45, 7) is 0. The zero-order chi connectivity index (χ0) is 17.4. The summed E-state index contributed by atoms with van der Waals surface area (Å²) in [6, 6.07) is 12.8. The van der Waals surface area contributed by atoms with Crippen LogP contribution in [-0.4, -0.2) is 31.8 Å². The fraction of sp³-hybridized carbons (Fsp3) is 0.125. The predicted octanol–water partition coefficient (Wildman–Crippen LogP) is 2.77. The average molecular weight is 348 g/mol. The van der Waals surface area contributed by atoms with Gasteiger partial charge in [0.25, 0.3) is 0 Å². The van der Waals surface area contributed by atoms with Gasteiger partial charge in [-0.15, -0.1) is 0 Å². The molecule has 8 heteroatoms. The molecule has 0 radical (unpaired) electrons. The van der Waals surface area contributed by atoms with Crippen LogP contribution in [0.25, 0.3) is 11.3 Å². The Bertz CT molecular complexity index is 836. The van der Waals surface area contributed by atoms with Crippen molar-refractivity contribution in [2.24, 2.45) is 0 Å². The molecule has 0 saturated carbocycles. The summed E-state index contributed by atoms with van der Waals surface area (Å²) in [4.78, 5) is 7.70. The Labute approximate surface area is 140 Å². The molecule has 1 aromatic carbocycles. The molecule has 0 saturated heterocycles. The van der Waals surface area contributed by atoms with Crippen LogP contribution in [0.5, 0.6) is 11.8 Å². The number of oxazole rings is 1. The van der Waals surface area contributed by atoms with Crippen molar-refractivity contribution >= 4 is 10.1 Å². The number of nitrogens with zero attached hydrogens (tertiary/aromatic N) is 2. The normalized spacial score (nSPS) is 10.4. The lowest BCUT2D eigenvalue weighted by atomic mass is 10.2. The van der Waals surface area contributed by atoms with Gasteiger partial charge in [-0.3, -0.25) is 4.98 Å². The second kappa shape index (κ2) is 8.11. The molecule has 2 heterocycles. The maximum atomic E-state index is 10.9. The summed E-state index contributed by atoms with van der Waals surface area (Å²) >= 11 is 0. The van der Waals surface area contributed by atoms with Crippen LogP contribution in [0.15, 0.2) is 65.5 Å². The Morgan fingerprint density at radius 3 is 2.38 bits per heavy atom. The molecule has 24 heavy (non-hydrogen) atoms. The lowest BCUT2D eigenvalue weighted by Crippen LogP contribution is -2.05. The smallest absolute Gasteiger partial charge is 0.410 e. The van der Waals surface area contributed by atoms with E-state index in [9.17, 15) is 8.42 Å². The van der Waals surface area contributed by atoms with Gasteiger partial charge in [0.15, 0.2) is 0 Å². The second-order valence-corrected chi connectivity index (χ2v) is 6.12. The largest absolute Gasteiger partial charge is 0.497 e. The van der Waals surface area contributed by atoms with Gasteiger partial charge in [0.1, 0.15) is 17.7 Å². The molecule has 0 atom stereocenters. The van der Waals surface area contributed by atoms with Crippen molar-refractivity contribution in [1.82, 2.24) is 9.97 Å². The molecule has 0 N–H and O–H groups in total. The van der Waals surface area contributed by atoms with E-state index >= 15 is 0 Å². The zero-order valence-electron chi connectivity index (χ0n) is 13.1. The van der Waals surface area contributed by atoms with Crippen LogP contribution in [-0.2, 0) is 10.1 Å². The first kappa shape index (κ1) is 17.5. The van der Waals surface area contributed by atoms with E-state index in [2.05, 4.69) is 14.2 Å². The lowest BCUT2D eigenvalue weighted by Gasteiger charge is -2.00. The molecule has 0 aliphatic heterocycles. The van der Waals surface area contributed by atoms with E-state index < -0.39 is 10.1 Å². The van der Waals surface area contributed by atoms with Crippen LogP contribution < -0.4 is 8.92 Å². The first-order valence-corrected chi connectivity index (χ1v) is 8.64. The van der Waals surface area contributed by atoms with Crippen molar-refractivity contribution < 1.29 is 21.8 Å². The van der Waals surface area contributed by atoms with Gasteiger partial charge in [0, 0.05) is 18.0 Å². The molecule has 0 amide bonds. The highest BCUT2D eigenvalue weighted by Gasteiger charge is 2.12. The van der Waals surface area contributed by atoms with E-state index in [-0.39, 0.29) is 6.08 Å². The number of rotatable bonds is 4. The Morgan fingerprint density at radius 1 is 1.08 bits per heavy atom. The zero-order valence-corrected chi connectivity index (χ0v) is 13.9. The lowest BCUT2D eigenvalue weighted by molar-refractivity contribution is 0.371. The molecule has 3 aromatic rings. The number of aromatic nitrogens is 2. The molecule has 0 aliphatic carbocycles. The fourth-order valence-corrected chi connectivity index (χ4v) is 1.99. The molecule has 2 aromatic heterocycles. The Morgan fingerprint density at radius 2 is 1.83 bits per heavy atom. The van der Waals surface area contributed by atoms with Gasteiger partial charge >= 0.3 is 16.2 Å². The quantitative estimate of drug-likeness (QED) is 0.669. The molecule has 0 aliphatic rings. The topological polar surface area (TPSA) is 91.5 Å². The molecule has 0 spiro atoms. The van der Waals surface area contributed by atoms with Gasteiger partial charge in [-0.1, -0.05) is 18.2 Å². The van der Waals surface area contributed by atoms with Crippen molar-refractivity contribution in [2.75, 3.05) is 13.4 Å². The minimum atomic E-state index is -3.64. The van der Waals surface area contributed by atoms with E-state index in [0.29, 0.717) is 11.4 Å². The van der Waals surface area contributed by atoms with Crippen LogP contribution in [0.4, 0.5) is 0 Å². The summed E-state index contributed by atoms with van der Waals surface area (Å²) in [7, 11) is -2.08. The van der Waals surface area contributed by atoms with Gasteiger partial charge in [-0.25, -0.2) is 0 Å². The van der Waals surface area contributed by atoms with Crippen molar-refractivity contribution in [3.8, 4) is 23.1 Å². The van der Waals surface area contributed by atoms with E-state index in [4.69, 9.17) is 9.15 Å². The van der Waals surface area contributed by atoms with Crippen LogP contribution in [0.1, 0.15) is 0 Å². The molecule has 7 nitrogen and oxygen atoms in total. The maximum absolute atomic E-state index is 10.9. The minimum Gasteiger partial charge on any atom is -0.497 e. The molecule has 0 unspecified atom stereocenters. The van der Waals surface area contributed by atoms with E-state index in [1.807, 2.05) is 18.2 Å². The summed E-state index contributed by atoms with van der Waals surface area (Å²) < 4.78 is 36.3. The van der Waals surface area contributed by atoms with Crippen molar-refractivity contribution in [3.05, 3.63) is 61.1 Å². The predicted molar refractivity (Wildman–Crippen MR) is 88.2 cm³/mol. The molecular formula is C16H16N2O5S. The third-order valence-corrected chi connectivity index (χ3v) is 3.08. The third kappa shape index (κ3) is 5.73. The van der Waals surface area contributed by atoms with E-state index in [1.165, 1.54) is 6.26 Å². The third-order valence-electron chi connectivity index (χ3n) is 2.64. The van der Waals surface area contributed by atoms with Gasteiger partial charge in [-0.05, 0) is 24.3 Å². The first-order chi connectivity index (χ1) is 11.5. The highest BCUT2D eigenvalue weighted by Crippen LogP contribution is 2.25. The van der Waals surface area contributed by atoms with E-state index in [1.54, 1.807) is 43.8 Å². The Hall–Kier alpha value is -2.87. The number of pyridine rings is 1. The number of hydrogen-bond acceptors (Lipinski definition) is 7. The van der Waals surface area contributed by atoms with Crippen molar-refractivity contribution in [3.63, 3.8) is 0 Å². The van der Waals surface area contributed by atoms with Gasteiger partial charge in [0.05, 0.1) is 13.4 Å². The number of benzene rings is 1. The Kier molecular flexibility index (Phi) is 5.91. The number of ether oxygens (including phenoxy) is 1. The van der Waals surface area contributed by atoms with Crippen molar-refractivity contribution in [2.45, 2.75) is 0 Å². The van der Waals surface area contributed by atoms with Gasteiger partial charge < -0.3 is 13.3 Å². The van der Waals surface area contributed by atoms with Gasteiger partial charge in [0.2, 0.25) is 0 Å². The number of hydrogen-bond donors (Lipinski definition) is 0. The van der Waals surface area contributed by atoms with Crippen molar-refractivity contribution in [1.29, 1.82) is 0 Å². The standard InChI is InChI=1S/C11H11NO5S.C5H5N/c1-15-9-5-3-4-8(6-9)10-7-16-11(12-10)17-18(2,13)14;1-2-4-6-5-3-1/h3-7H,1-2H3;1-5H. The fourth-order valence-electron chi connectivity index (χ4n) is 1.65. The minimum absolute atomic E-state index is 0.310. The molecular weight excluding hydrogens is 332 g/mol. The van der Waals surface area contributed by atoms with Gasteiger partial charge in [-0.2, -0.15) is 13.4 Å². The van der Waals surface area contributed by atoms with Crippen LogP contribution in [0.2, 0.25) is 0 Å². The Balaban J connectivity index is 0.000000292. The summed E-state index contributed by atoms with van der Waals surface area (Å²) in [5.74, 6) is 0.668. The van der Waals surface area contributed by atoms with Crippen LogP contribution in [0.3, 0.4) is 0 Å². The highest BCUT2D eigenvalue weighted by molar-refractivity contribution is 7.86. The summed E-state index contributed by atoms with van der Waals surface area (Å²) in [5, 5.41) is 0. The molecule has 3 rings (SSSR count). The second-order valence-electron chi connectivity index (χ2n) is 4.54. The molecule has 0 fully saturated rings. The molecule has 126 valence electrons. The van der Waals surface area contributed by atoms with Crippen LogP contribution >= 0.6 is 0 Å².